The fourth-order valence-electron chi connectivity index (χ4n) is 3.22. The Balaban J connectivity index is 1.69. The van der Waals surface area contributed by atoms with Crippen molar-refractivity contribution in [3.63, 3.8) is 0 Å². The van der Waals surface area contributed by atoms with Gasteiger partial charge in [0.15, 0.2) is 11.6 Å². The molecule has 3 nitrogen and oxygen atoms in total. The second-order valence-electron chi connectivity index (χ2n) is 6.32. The summed E-state index contributed by atoms with van der Waals surface area (Å²) in [6.45, 7) is 0.123. The molecule has 6 heteroatoms. The van der Waals surface area contributed by atoms with E-state index in [1.54, 1.807) is 12.1 Å². The van der Waals surface area contributed by atoms with E-state index < -0.39 is 17.0 Å². The summed E-state index contributed by atoms with van der Waals surface area (Å²) in [5.41, 5.74) is 0.217. The number of hydrogen-bond acceptors (Lipinski definition) is 2. The van der Waals surface area contributed by atoms with Crippen molar-refractivity contribution in [1.82, 2.24) is 5.32 Å². The van der Waals surface area contributed by atoms with Crippen molar-refractivity contribution < 1.29 is 23.1 Å². The molecular weight excluding hydrogens is 331 g/mol. The Hall–Kier alpha value is -2.34. The summed E-state index contributed by atoms with van der Waals surface area (Å²) in [5.74, 6) is -2.95. The molecular formula is C19H18F3NO2. The Kier molecular flexibility index (Phi) is 4.81. The van der Waals surface area contributed by atoms with Gasteiger partial charge in [-0.25, -0.2) is 13.2 Å². The van der Waals surface area contributed by atoms with Crippen LogP contribution >= 0.6 is 0 Å². The summed E-state index contributed by atoms with van der Waals surface area (Å²) in [5, 5.41) is 12.2. The molecule has 1 aliphatic carbocycles. The van der Waals surface area contributed by atoms with E-state index in [1.807, 2.05) is 0 Å². The van der Waals surface area contributed by atoms with Crippen LogP contribution in [0.3, 0.4) is 0 Å². The summed E-state index contributed by atoms with van der Waals surface area (Å²) < 4.78 is 39.6. The molecule has 0 aromatic heterocycles. The van der Waals surface area contributed by atoms with Gasteiger partial charge in [0.05, 0.1) is 5.41 Å². The van der Waals surface area contributed by atoms with Crippen molar-refractivity contribution in [3.8, 4) is 0 Å². The Morgan fingerprint density at radius 1 is 1.12 bits per heavy atom. The van der Waals surface area contributed by atoms with Gasteiger partial charge in [-0.05, 0) is 48.2 Å². The van der Waals surface area contributed by atoms with Gasteiger partial charge in [0, 0.05) is 19.1 Å². The zero-order valence-electron chi connectivity index (χ0n) is 13.4. The average molecular weight is 349 g/mol. The van der Waals surface area contributed by atoms with E-state index >= 15 is 0 Å². The first-order valence-electron chi connectivity index (χ1n) is 8.06. The minimum atomic E-state index is -1.02. The number of carbonyl (C=O) groups is 1. The molecule has 2 aromatic rings. The Labute approximate surface area is 143 Å². The highest BCUT2D eigenvalue weighted by Crippen LogP contribution is 2.54. The number of amides is 1. The third-order valence-corrected chi connectivity index (χ3v) is 4.78. The fraction of sp³-hybridized carbons (Fsp3) is 0.316. The summed E-state index contributed by atoms with van der Waals surface area (Å²) in [6, 6.07) is 9.37. The van der Waals surface area contributed by atoms with Crippen LogP contribution in [-0.4, -0.2) is 24.2 Å². The highest BCUT2D eigenvalue weighted by molar-refractivity contribution is 5.92. The number of carbonyl (C=O) groups excluding carboxylic acids is 1. The number of nitrogens with one attached hydrogen (secondary N) is 1. The summed E-state index contributed by atoms with van der Waals surface area (Å²) in [7, 11) is 0. The van der Waals surface area contributed by atoms with Crippen LogP contribution in [0, 0.1) is 23.4 Å². The zero-order chi connectivity index (χ0) is 18.0. The number of halogens is 3. The third-order valence-electron chi connectivity index (χ3n) is 4.78. The maximum Gasteiger partial charge on any atom is 0.231 e. The number of rotatable bonds is 6. The lowest BCUT2D eigenvalue weighted by atomic mass is 9.92. The molecule has 2 aromatic carbocycles. The predicted molar refractivity (Wildman–Crippen MR) is 86.3 cm³/mol. The van der Waals surface area contributed by atoms with Gasteiger partial charge >= 0.3 is 0 Å². The first-order valence-corrected chi connectivity index (χ1v) is 8.06. The van der Waals surface area contributed by atoms with Gasteiger partial charge < -0.3 is 10.4 Å². The van der Waals surface area contributed by atoms with Crippen LogP contribution in [0.2, 0.25) is 0 Å². The molecule has 25 heavy (non-hydrogen) atoms. The highest BCUT2D eigenvalue weighted by atomic mass is 19.2. The molecule has 0 aliphatic heterocycles. The van der Waals surface area contributed by atoms with Crippen molar-refractivity contribution in [2.24, 2.45) is 5.92 Å². The van der Waals surface area contributed by atoms with Crippen LogP contribution in [-0.2, 0) is 16.6 Å². The first kappa shape index (κ1) is 17.5. The highest BCUT2D eigenvalue weighted by Gasteiger charge is 2.60. The summed E-state index contributed by atoms with van der Waals surface area (Å²) in [6.07, 6.45) is 0.903. The van der Waals surface area contributed by atoms with E-state index in [9.17, 15) is 23.1 Å². The number of hydrogen-bond donors (Lipinski definition) is 2. The monoisotopic (exact) mass is 349 g/mol. The molecule has 2 atom stereocenters. The van der Waals surface area contributed by atoms with Gasteiger partial charge in [-0.2, -0.15) is 0 Å². The molecule has 0 heterocycles. The Morgan fingerprint density at radius 2 is 1.84 bits per heavy atom. The fourth-order valence-corrected chi connectivity index (χ4v) is 3.22. The van der Waals surface area contributed by atoms with Gasteiger partial charge in [-0.15, -0.1) is 0 Å². The normalized spacial score (nSPS) is 21.8. The summed E-state index contributed by atoms with van der Waals surface area (Å²) in [4.78, 5) is 12.6. The van der Waals surface area contributed by atoms with Gasteiger partial charge in [0.2, 0.25) is 5.91 Å². The van der Waals surface area contributed by atoms with E-state index in [0.29, 0.717) is 24.9 Å². The molecule has 0 bridgehead atoms. The number of benzene rings is 2. The van der Waals surface area contributed by atoms with Crippen molar-refractivity contribution in [2.75, 3.05) is 13.2 Å². The minimum absolute atomic E-state index is 0.204. The van der Waals surface area contributed by atoms with Crippen molar-refractivity contribution in [1.29, 1.82) is 0 Å². The molecule has 1 amide bonds. The standard InChI is InChI=1S/C19H18F3NO2/c20-15-4-1-12(2-5-15)7-8-23-18(25)19(10-14(19)11-24)13-3-6-16(21)17(22)9-13/h1-6,9,14,24H,7-8,10-11H2,(H,23,25)/t14-,19+/m0/s1. The predicted octanol–water partition coefficient (Wildman–Crippen LogP) is 2.71. The molecule has 132 valence electrons. The lowest BCUT2D eigenvalue weighted by Gasteiger charge is -2.18. The smallest absolute Gasteiger partial charge is 0.231 e. The largest absolute Gasteiger partial charge is 0.396 e. The molecule has 0 radical (unpaired) electrons. The van der Waals surface area contributed by atoms with Crippen LogP contribution in [0.1, 0.15) is 17.5 Å². The maximum atomic E-state index is 13.5. The van der Waals surface area contributed by atoms with Crippen LogP contribution < -0.4 is 5.32 Å². The molecule has 2 N–H and O–H groups in total. The SMILES string of the molecule is O=C(NCCc1ccc(F)cc1)[C@@]1(c2ccc(F)c(F)c2)C[C@H]1CO. The molecule has 3 rings (SSSR count). The van der Waals surface area contributed by atoms with E-state index in [1.165, 1.54) is 18.2 Å². The molecule has 1 aliphatic rings. The van der Waals surface area contributed by atoms with Crippen LogP contribution in [0.25, 0.3) is 0 Å². The van der Waals surface area contributed by atoms with Crippen molar-refractivity contribution >= 4 is 5.91 Å². The quantitative estimate of drug-likeness (QED) is 0.843. The number of aliphatic hydroxyl groups excluding tert-OH is 1. The molecule has 0 saturated heterocycles. The second kappa shape index (κ2) is 6.88. The van der Waals surface area contributed by atoms with Crippen LogP contribution in [0.4, 0.5) is 13.2 Å². The van der Waals surface area contributed by atoms with Crippen LogP contribution in [0.15, 0.2) is 42.5 Å². The van der Waals surface area contributed by atoms with E-state index in [4.69, 9.17) is 0 Å². The maximum absolute atomic E-state index is 13.5. The van der Waals surface area contributed by atoms with Crippen molar-refractivity contribution in [2.45, 2.75) is 18.3 Å². The second-order valence-corrected chi connectivity index (χ2v) is 6.32. The molecule has 1 fully saturated rings. The lowest BCUT2D eigenvalue weighted by Crippen LogP contribution is -2.37. The molecule has 1 saturated carbocycles. The molecule has 0 unspecified atom stereocenters. The average Bonchev–Trinajstić information content (AvgIpc) is 3.35. The third kappa shape index (κ3) is 3.39. The van der Waals surface area contributed by atoms with Crippen molar-refractivity contribution in [3.05, 3.63) is 71.0 Å². The molecule has 0 spiro atoms. The van der Waals surface area contributed by atoms with Gasteiger partial charge in [-0.1, -0.05) is 18.2 Å². The summed E-state index contributed by atoms with van der Waals surface area (Å²) >= 11 is 0. The van der Waals surface area contributed by atoms with E-state index in [-0.39, 0.29) is 24.2 Å². The number of aliphatic hydroxyl groups is 1. The van der Waals surface area contributed by atoms with Gasteiger partial charge in [0.25, 0.3) is 0 Å². The van der Waals surface area contributed by atoms with E-state index in [2.05, 4.69) is 5.32 Å². The topological polar surface area (TPSA) is 49.3 Å². The van der Waals surface area contributed by atoms with Crippen LogP contribution in [0.5, 0.6) is 0 Å². The Bertz CT molecular complexity index is 779. The van der Waals surface area contributed by atoms with E-state index in [0.717, 1.165) is 17.7 Å². The zero-order valence-corrected chi connectivity index (χ0v) is 13.4. The first-order chi connectivity index (χ1) is 12.0. The minimum Gasteiger partial charge on any atom is -0.396 e. The van der Waals surface area contributed by atoms with Gasteiger partial charge in [0.1, 0.15) is 5.82 Å². The Morgan fingerprint density at radius 3 is 2.44 bits per heavy atom. The lowest BCUT2D eigenvalue weighted by molar-refractivity contribution is -0.124. The van der Waals surface area contributed by atoms with Gasteiger partial charge in [-0.3, -0.25) is 4.79 Å².